The molecule has 318 valence electrons. The van der Waals surface area contributed by atoms with Crippen molar-refractivity contribution >= 4 is 45.6 Å². The zero-order valence-electron chi connectivity index (χ0n) is 33.2. The van der Waals surface area contributed by atoms with Crippen LogP contribution in [-0.4, -0.2) is 98.0 Å². The van der Waals surface area contributed by atoms with Crippen molar-refractivity contribution in [3.05, 3.63) is 42.6 Å². The number of amides is 4. The molecule has 2 saturated carbocycles. The first-order valence-electron chi connectivity index (χ1n) is 19.7. The number of benzene rings is 1. The van der Waals surface area contributed by atoms with E-state index in [-0.39, 0.29) is 31.2 Å². The Hall–Kier alpha value is -4.48. The fourth-order valence-corrected chi connectivity index (χ4v) is 8.86. The molecule has 0 bridgehead atoms. The molecule has 3 heterocycles. The van der Waals surface area contributed by atoms with Gasteiger partial charge in [-0.1, -0.05) is 44.2 Å². The Kier molecular flexibility index (Phi) is 12.4. The second kappa shape index (κ2) is 16.6. The van der Waals surface area contributed by atoms with Crippen LogP contribution in [0.25, 0.3) is 10.8 Å². The third kappa shape index (κ3) is 8.90. The lowest BCUT2D eigenvalue weighted by Crippen LogP contribution is -2.59. The minimum atomic E-state index is -4.91. The minimum Gasteiger partial charge on any atom is -0.492 e. The first kappa shape index (κ1) is 43.1. The Balaban J connectivity index is 1.34. The Labute approximate surface area is 337 Å². The van der Waals surface area contributed by atoms with E-state index < -0.39 is 93.6 Å². The summed E-state index contributed by atoms with van der Waals surface area (Å²) in [6.45, 7) is 6.17. The van der Waals surface area contributed by atoms with E-state index in [1.807, 2.05) is 38.1 Å². The maximum absolute atomic E-state index is 14.8. The fourth-order valence-electron chi connectivity index (χ4n) is 7.72. The van der Waals surface area contributed by atoms with E-state index in [9.17, 15) is 40.9 Å². The molecular formula is C40H51F4N5O8S. The number of hydrogen-bond donors (Lipinski definition) is 3. The average Bonchev–Trinajstić information content (AvgIpc) is 4.06. The summed E-state index contributed by atoms with van der Waals surface area (Å²) in [7, 11) is -2.05. The number of alkyl carbamates (subject to hydrolysis) is 1. The largest absolute Gasteiger partial charge is 0.492 e. The van der Waals surface area contributed by atoms with Gasteiger partial charge in [-0.3, -0.25) is 19.1 Å². The van der Waals surface area contributed by atoms with E-state index in [0.717, 1.165) is 0 Å². The summed E-state index contributed by atoms with van der Waals surface area (Å²) in [4.78, 5) is 62.0. The van der Waals surface area contributed by atoms with Crippen molar-refractivity contribution < 1.29 is 55.2 Å². The van der Waals surface area contributed by atoms with E-state index in [1.54, 1.807) is 19.1 Å². The van der Waals surface area contributed by atoms with Crippen molar-refractivity contribution in [1.29, 1.82) is 0 Å². The highest BCUT2D eigenvalue weighted by Crippen LogP contribution is 2.47. The zero-order chi connectivity index (χ0) is 42.2. The summed E-state index contributed by atoms with van der Waals surface area (Å²) in [5.41, 5.74) is -4.44. The van der Waals surface area contributed by atoms with Crippen LogP contribution in [-0.2, 0) is 30.1 Å². The molecule has 1 saturated heterocycles. The van der Waals surface area contributed by atoms with Gasteiger partial charge in [0.1, 0.15) is 47.1 Å². The highest BCUT2D eigenvalue weighted by Gasteiger charge is 2.62. The number of ether oxygens (including phenoxy) is 3. The Morgan fingerprint density at radius 1 is 1.10 bits per heavy atom. The molecule has 18 heteroatoms. The lowest BCUT2D eigenvalue weighted by molar-refractivity contribution is -0.244. The summed E-state index contributed by atoms with van der Waals surface area (Å²) in [5.74, 6) is -2.70. The molecule has 8 atom stereocenters. The molecular weight excluding hydrogens is 787 g/mol. The van der Waals surface area contributed by atoms with Gasteiger partial charge in [0.15, 0.2) is 0 Å². The van der Waals surface area contributed by atoms with E-state index in [4.69, 9.17) is 14.2 Å². The summed E-state index contributed by atoms with van der Waals surface area (Å²) in [5, 5.41) is 6.54. The molecule has 2 aromatic rings. The Morgan fingerprint density at radius 3 is 2.47 bits per heavy atom. The van der Waals surface area contributed by atoms with Gasteiger partial charge < -0.3 is 29.7 Å². The monoisotopic (exact) mass is 837 g/mol. The van der Waals surface area contributed by atoms with Crippen LogP contribution >= 0.6 is 0 Å². The molecule has 6 rings (SSSR count). The van der Waals surface area contributed by atoms with Gasteiger partial charge in [-0.25, -0.2) is 18.4 Å². The second-order valence-corrected chi connectivity index (χ2v) is 18.1. The van der Waals surface area contributed by atoms with Crippen molar-refractivity contribution in [2.24, 2.45) is 17.8 Å². The first-order valence-corrected chi connectivity index (χ1v) is 20.8. The van der Waals surface area contributed by atoms with Crippen LogP contribution in [0.15, 0.2) is 42.6 Å². The molecule has 2 aliphatic heterocycles. The van der Waals surface area contributed by atoms with Crippen molar-refractivity contribution in [2.45, 2.75) is 120 Å². The lowest BCUT2D eigenvalue weighted by Gasteiger charge is -2.34. The number of carbonyl (C=O) groups is 4. The van der Waals surface area contributed by atoms with E-state index >= 15 is 0 Å². The number of allylic oxidation sites excluding steroid dienone is 1. The van der Waals surface area contributed by atoms with Crippen molar-refractivity contribution in [3.8, 4) is 11.6 Å². The van der Waals surface area contributed by atoms with Gasteiger partial charge in [0.05, 0.1) is 24.1 Å². The van der Waals surface area contributed by atoms with Crippen LogP contribution in [0, 0.1) is 17.8 Å². The number of carbonyl (C=O) groups excluding carboxylic acids is 4. The molecule has 13 nitrogen and oxygen atoms in total. The van der Waals surface area contributed by atoms with Crippen LogP contribution in [0.5, 0.6) is 11.6 Å². The standard InChI is InChI=1S/C40H51F4N5O8S/c1-6-55-30-20-45-33(28-14-10-9-13-27(28)30)56-26-18-29-32(50)47-39(35(52)48-58(54)38(22-41)15-16-38)19-25(39)12-8-7-11-23(2)17-24(3)31(34(51)49(29)21-26)46-36(53)57-37(4,5)40(42,43)44/h8-10,12-14,20,23-26,29,31H,6-7,11,15-19,21-22H2,1-5H3,(H,46,53)(H,47,50)(H,48,52)/b12-8-/t23-,24-,25-,26-,29+,31+,39-,58?/m1/s1. The van der Waals surface area contributed by atoms with Crippen molar-refractivity contribution in [2.75, 3.05) is 19.8 Å². The molecule has 1 aromatic heterocycles. The fraction of sp³-hybridized carbons (Fsp3) is 0.625. The molecule has 2 aliphatic carbocycles. The maximum Gasteiger partial charge on any atom is 0.427 e. The molecule has 3 fully saturated rings. The summed E-state index contributed by atoms with van der Waals surface area (Å²) in [6.07, 6.45) is 0.255. The number of aromatic nitrogens is 1. The molecule has 0 spiro atoms. The summed E-state index contributed by atoms with van der Waals surface area (Å²) >= 11 is 0. The quantitative estimate of drug-likeness (QED) is 0.205. The highest BCUT2D eigenvalue weighted by molar-refractivity contribution is 7.85. The number of nitrogens with zero attached hydrogens (tertiary/aromatic N) is 2. The molecule has 0 radical (unpaired) electrons. The number of nitrogens with one attached hydrogen (secondary N) is 3. The molecule has 3 N–H and O–H groups in total. The first-order chi connectivity index (χ1) is 27.3. The van der Waals surface area contributed by atoms with Gasteiger partial charge in [-0.15, -0.1) is 0 Å². The summed E-state index contributed by atoms with van der Waals surface area (Å²) < 4.78 is 86.3. The summed E-state index contributed by atoms with van der Waals surface area (Å²) in [6, 6.07) is 4.50. The van der Waals surface area contributed by atoms with E-state index in [2.05, 4.69) is 20.3 Å². The third-order valence-corrected chi connectivity index (χ3v) is 13.3. The normalized spacial score (nSPS) is 29.7. The minimum absolute atomic E-state index is 0.0288. The maximum atomic E-state index is 14.8. The SMILES string of the molecule is CCOc1cnc(O[C@@H]2C[C@H]3C(=O)N[C@]4(C(=O)NS(=O)C5(CF)CC5)C[C@H]4/C=C\CC[C@@H](C)C[C@@H](C)[C@H](NC(=O)OC(C)(C)C(F)(F)F)C(=O)N3C2)c2ccccc12. The van der Waals surface area contributed by atoms with E-state index in [1.165, 1.54) is 11.1 Å². The molecule has 1 aromatic carbocycles. The van der Waals surface area contributed by atoms with Gasteiger partial charge in [0, 0.05) is 23.1 Å². The Morgan fingerprint density at radius 2 is 1.81 bits per heavy atom. The topological polar surface area (TPSA) is 165 Å². The van der Waals surface area contributed by atoms with Crippen LogP contribution in [0.2, 0.25) is 0 Å². The van der Waals surface area contributed by atoms with Gasteiger partial charge in [-0.2, -0.15) is 13.2 Å². The van der Waals surface area contributed by atoms with Crippen LogP contribution in [0.4, 0.5) is 22.4 Å². The number of rotatable bonds is 10. The lowest BCUT2D eigenvalue weighted by atomic mass is 9.88. The average molecular weight is 838 g/mol. The number of alkyl halides is 4. The second-order valence-electron chi connectivity index (χ2n) is 16.5. The number of fused-ring (bicyclic) bond motifs is 3. The molecule has 1 unspecified atom stereocenters. The number of halogens is 4. The van der Waals surface area contributed by atoms with Gasteiger partial charge in [0.2, 0.25) is 23.3 Å². The van der Waals surface area contributed by atoms with Gasteiger partial charge in [0.25, 0.3) is 5.91 Å². The van der Waals surface area contributed by atoms with Crippen molar-refractivity contribution in [1.82, 2.24) is 25.2 Å². The Bertz CT molecular complexity index is 1960. The van der Waals surface area contributed by atoms with Gasteiger partial charge in [-0.05, 0) is 77.2 Å². The zero-order valence-corrected chi connectivity index (χ0v) is 34.0. The predicted octanol–water partition coefficient (Wildman–Crippen LogP) is 5.59. The van der Waals surface area contributed by atoms with Crippen LogP contribution < -0.4 is 24.8 Å². The molecule has 4 aliphatic rings. The number of pyridine rings is 1. The smallest absolute Gasteiger partial charge is 0.427 e. The molecule has 4 amide bonds. The predicted molar refractivity (Wildman–Crippen MR) is 206 cm³/mol. The van der Waals surface area contributed by atoms with Crippen molar-refractivity contribution in [3.63, 3.8) is 0 Å². The number of hydrogen-bond acceptors (Lipinski definition) is 9. The van der Waals surface area contributed by atoms with Crippen LogP contribution in [0.3, 0.4) is 0 Å². The van der Waals surface area contributed by atoms with Gasteiger partial charge >= 0.3 is 12.3 Å². The highest BCUT2D eigenvalue weighted by atomic mass is 32.2. The third-order valence-electron chi connectivity index (χ3n) is 11.7. The van der Waals surface area contributed by atoms with Crippen LogP contribution in [0.1, 0.15) is 79.6 Å². The molecule has 58 heavy (non-hydrogen) atoms. The van der Waals surface area contributed by atoms with E-state index in [0.29, 0.717) is 69.1 Å².